The van der Waals surface area contributed by atoms with Crippen LogP contribution in [0.25, 0.3) is 0 Å². The summed E-state index contributed by atoms with van der Waals surface area (Å²) >= 11 is 0. The molecule has 0 radical (unpaired) electrons. The summed E-state index contributed by atoms with van der Waals surface area (Å²) in [5.74, 6) is 1.12. The molecule has 0 aromatic carbocycles. The van der Waals surface area contributed by atoms with E-state index in [-0.39, 0.29) is 6.42 Å². The van der Waals surface area contributed by atoms with Gasteiger partial charge < -0.3 is 9.67 Å². The molecule has 0 saturated heterocycles. The summed E-state index contributed by atoms with van der Waals surface area (Å²) in [5, 5.41) is 8.66. The number of aromatic nitrogens is 2. The molecule has 2 aliphatic carbocycles. The molecule has 1 heterocycles. The molecule has 2 fully saturated rings. The van der Waals surface area contributed by atoms with Crippen molar-refractivity contribution in [3.8, 4) is 0 Å². The highest BCUT2D eigenvalue weighted by Crippen LogP contribution is 2.44. The molecule has 0 atom stereocenters. The van der Waals surface area contributed by atoms with Crippen molar-refractivity contribution in [2.45, 2.75) is 50.5 Å². The second-order valence-electron chi connectivity index (χ2n) is 4.90. The highest BCUT2D eigenvalue weighted by atomic mass is 16.4. The van der Waals surface area contributed by atoms with Crippen LogP contribution in [0.5, 0.6) is 0 Å². The van der Waals surface area contributed by atoms with E-state index in [1.807, 2.05) is 0 Å². The lowest BCUT2D eigenvalue weighted by molar-refractivity contribution is -0.136. The highest BCUT2D eigenvalue weighted by molar-refractivity contribution is 5.66. The SMILES string of the molecule is O=C(O)CCc1cn(C2CC2)c(C2CC2)n1. The molecule has 2 aliphatic rings. The van der Waals surface area contributed by atoms with Crippen LogP contribution in [0.2, 0.25) is 0 Å². The Labute approximate surface area is 94.3 Å². The fourth-order valence-corrected chi connectivity index (χ4v) is 2.10. The number of nitrogens with zero attached hydrogens (tertiary/aromatic N) is 2. The lowest BCUT2D eigenvalue weighted by Crippen LogP contribution is -1.98. The van der Waals surface area contributed by atoms with Crippen molar-refractivity contribution >= 4 is 5.97 Å². The maximum Gasteiger partial charge on any atom is 0.303 e. The summed E-state index contributed by atoms with van der Waals surface area (Å²) in [6, 6.07) is 0.654. The van der Waals surface area contributed by atoms with Crippen LogP contribution in [-0.4, -0.2) is 20.6 Å². The zero-order chi connectivity index (χ0) is 11.1. The van der Waals surface area contributed by atoms with Crippen molar-refractivity contribution in [3.63, 3.8) is 0 Å². The van der Waals surface area contributed by atoms with Crippen molar-refractivity contribution in [2.24, 2.45) is 0 Å². The van der Waals surface area contributed by atoms with Gasteiger partial charge in [-0.15, -0.1) is 0 Å². The minimum atomic E-state index is -0.742. The Morgan fingerprint density at radius 3 is 2.75 bits per heavy atom. The van der Waals surface area contributed by atoms with Crippen LogP contribution in [0.3, 0.4) is 0 Å². The first-order chi connectivity index (χ1) is 7.74. The van der Waals surface area contributed by atoms with E-state index in [1.165, 1.54) is 31.5 Å². The average Bonchev–Trinajstić information content (AvgIpc) is 3.13. The van der Waals surface area contributed by atoms with Gasteiger partial charge in [-0.2, -0.15) is 0 Å². The average molecular weight is 220 g/mol. The third kappa shape index (κ3) is 1.96. The molecule has 4 nitrogen and oxygen atoms in total. The Hall–Kier alpha value is -1.32. The highest BCUT2D eigenvalue weighted by Gasteiger charge is 2.34. The Bertz CT molecular complexity index is 387. The van der Waals surface area contributed by atoms with Gasteiger partial charge >= 0.3 is 5.97 Å². The summed E-state index contributed by atoms with van der Waals surface area (Å²) in [6.45, 7) is 0. The van der Waals surface area contributed by atoms with Crippen LogP contribution >= 0.6 is 0 Å². The third-order valence-corrected chi connectivity index (χ3v) is 3.29. The van der Waals surface area contributed by atoms with E-state index in [0.29, 0.717) is 18.4 Å². The van der Waals surface area contributed by atoms with Crippen molar-refractivity contribution in [1.29, 1.82) is 0 Å². The predicted octanol–water partition coefficient (Wildman–Crippen LogP) is 2.11. The Morgan fingerprint density at radius 1 is 1.44 bits per heavy atom. The van der Waals surface area contributed by atoms with Crippen LogP contribution in [0.1, 0.15) is 55.6 Å². The summed E-state index contributed by atoms with van der Waals surface area (Å²) < 4.78 is 2.30. The van der Waals surface area contributed by atoms with Crippen molar-refractivity contribution < 1.29 is 9.90 Å². The Balaban J connectivity index is 1.78. The van der Waals surface area contributed by atoms with E-state index >= 15 is 0 Å². The number of imidazole rings is 1. The van der Waals surface area contributed by atoms with Gasteiger partial charge in [0.05, 0.1) is 12.1 Å². The normalized spacial score (nSPS) is 20.0. The number of aliphatic carboxylic acids is 1. The fourth-order valence-electron chi connectivity index (χ4n) is 2.10. The van der Waals surface area contributed by atoms with Crippen LogP contribution in [-0.2, 0) is 11.2 Å². The zero-order valence-electron chi connectivity index (χ0n) is 9.22. The summed E-state index contributed by atoms with van der Waals surface area (Å²) in [4.78, 5) is 15.1. The van der Waals surface area contributed by atoms with E-state index < -0.39 is 5.97 Å². The molecule has 1 N–H and O–H groups in total. The van der Waals surface area contributed by atoms with E-state index in [0.717, 1.165) is 5.69 Å². The molecule has 16 heavy (non-hydrogen) atoms. The second kappa shape index (κ2) is 3.61. The first-order valence-electron chi connectivity index (χ1n) is 6.03. The van der Waals surface area contributed by atoms with Crippen molar-refractivity contribution in [1.82, 2.24) is 9.55 Å². The predicted molar refractivity (Wildman–Crippen MR) is 58.4 cm³/mol. The lowest BCUT2D eigenvalue weighted by Gasteiger charge is -2.02. The zero-order valence-corrected chi connectivity index (χ0v) is 9.22. The molecular weight excluding hydrogens is 204 g/mol. The number of carboxylic acid groups (broad SMARTS) is 1. The molecule has 0 aliphatic heterocycles. The van der Waals surface area contributed by atoms with Crippen molar-refractivity contribution in [2.75, 3.05) is 0 Å². The monoisotopic (exact) mass is 220 g/mol. The molecule has 0 bridgehead atoms. The maximum absolute atomic E-state index is 10.5. The van der Waals surface area contributed by atoms with E-state index in [4.69, 9.17) is 5.11 Å². The quantitative estimate of drug-likeness (QED) is 0.826. The van der Waals surface area contributed by atoms with Crippen molar-refractivity contribution in [3.05, 3.63) is 17.7 Å². The topological polar surface area (TPSA) is 55.1 Å². The second-order valence-corrected chi connectivity index (χ2v) is 4.90. The molecule has 86 valence electrons. The fraction of sp³-hybridized carbons (Fsp3) is 0.667. The molecular formula is C12H16N2O2. The van der Waals surface area contributed by atoms with Crippen LogP contribution < -0.4 is 0 Å². The molecule has 0 amide bonds. The van der Waals surface area contributed by atoms with E-state index in [2.05, 4.69) is 15.7 Å². The van der Waals surface area contributed by atoms with E-state index in [9.17, 15) is 4.79 Å². The van der Waals surface area contributed by atoms with Gasteiger partial charge in [0.1, 0.15) is 5.82 Å². The van der Waals surface area contributed by atoms with E-state index in [1.54, 1.807) is 0 Å². The summed E-state index contributed by atoms with van der Waals surface area (Å²) in [7, 11) is 0. The minimum absolute atomic E-state index is 0.186. The number of aryl methyl sites for hydroxylation is 1. The van der Waals surface area contributed by atoms with Crippen LogP contribution in [0, 0.1) is 0 Å². The standard InChI is InChI=1S/C12H16N2O2/c15-11(16)6-3-9-7-14(10-4-5-10)12(13-9)8-1-2-8/h7-8,10H,1-6H2,(H,15,16). The number of carbonyl (C=O) groups is 1. The van der Waals surface area contributed by atoms with Crippen LogP contribution in [0.4, 0.5) is 0 Å². The van der Waals surface area contributed by atoms with Gasteiger partial charge in [-0.05, 0) is 25.7 Å². The van der Waals surface area contributed by atoms with Gasteiger partial charge in [-0.25, -0.2) is 4.98 Å². The molecule has 2 saturated carbocycles. The largest absolute Gasteiger partial charge is 0.481 e. The van der Waals surface area contributed by atoms with Crippen LogP contribution in [0.15, 0.2) is 6.20 Å². The molecule has 0 unspecified atom stereocenters. The Morgan fingerprint density at radius 2 is 2.19 bits per heavy atom. The first kappa shape index (κ1) is 9.87. The molecule has 3 rings (SSSR count). The minimum Gasteiger partial charge on any atom is -0.481 e. The number of hydrogen-bond acceptors (Lipinski definition) is 2. The summed E-state index contributed by atoms with van der Waals surface area (Å²) in [6.07, 6.45) is 7.85. The first-order valence-corrected chi connectivity index (χ1v) is 6.03. The number of hydrogen-bond donors (Lipinski definition) is 1. The third-order valence-electron chi connectivity index (χ3n) is 3.29. The maximum atomic E-state index is 10.5. The van der Waals surface area contributed by atoms with Gasteiger partial charge in [0, 0.05) is 24.6 Å². The summed E-state index contributed by atoms with van der Waals surface area (Å²) in [5.41, 5.74) is 0.955. The van der Waals surface area contributed by atoms with Gasteiger partial charge in [0.2, 0.25) is 0 Å². The lowest BCUT2D eigenvalue weighted by atomic mass is 10.2. The van der Waals surface area contributed by atoms with Gasteiger partial charge in [0.15, 0.2) is 0 Å². The van der Waals surface area contributed by atoms with Gasteiger partial charge in [-0.1, -0.05) is 0 Å². The molecule has 4 heteroatoms. The van der Waals surface area contributed by atoms with Gasteiger partial charge in [0.25, 0.3) is 0 Å². The molecule has 1 aromatic rings. The number of carboxylic acids is 1. The smallest absolute Gasteiger partial charge is 0.303 e. The Kier molecular flexibility index (Phi) is 2.23. The molecule has 0 spiro atoms. The molecule has 1 aromatic heterocycles. The number of rotatable bonds is 5. The van der Waals surface area contributed by atoms with Gasteiger partial charge in [-0.3, -0.25) is 4.79 Å².